The number of thioether (sulfide) groups is 1. The molecule has 180 valence electrons. The molecular weight excluding hydrogens is 467 g/mol. The maximum Gasteiger partial charge on any atom is 0.416 e. The normalized spacial score (nSPS) is 14.3. The highest BCUT2D eigenvalue weighted by Gasteiger charge is 2.32. The summed E-state index contributed by atoms with van der Waals surface area (Å²) < 4.78 is 47.2. The molecule has 11 heteroatoms. The van der Waals surface area contributed by atoms with Crippen molar-refractivity contribution in [2.75, 3.05) is 42.3 Å². The minimum atomic E-state index is -4.51. The van der Waals surface area contributed by atoms with Crippen LogP contribution in [-0.2, 0) is 22.3 Å². The molecule has 1 aliphatic heterocycles. The molecule has 1 aromatic heterocycles. The zero-order chi connectivity index (χ0) is 24.1. The van der Waals surface area contributed by atoms with Crippen LogP contribution in [0.4, 0.5) is 24.5 Å². The zero-order valence-corrected chi connectivity index (χ0v) is 19.3. The Balaban J connectivity index is 1.50. The molecule has 1 saturated heterocycles. The summed E-state index contributed by atoms with van der Waals surface area (Å²) in [6.07, 6.45) is -4.51. The van der Waals surface area contributed by atoms with Gasteiger partial charge in [0.1, 0.15) is 0 Å². The predicted octanol–water partition coefficient (Wildman–Crippen LogP) is 4.55. The number of hydrogen-bond donors (Lipinski definition) is 1. The molecule has 2 heterocycles. The molecule has 0 unspecified atom stereocenters. The van der Waals surface area contributed by atoms with Gasteiger partial charge >= 0.3 is 6.18 Å². The minimum Gasteiger partial charge on any atom is -0.378 e. The van der Waals surface area contributed by atoms with E-state index in [1.54, 1.807) is 0 Å². The summed E-state index contributed by atoms with van der Waals surface area (Å²) in [7, 11) is 0. The van der Waals surface area contributed by atoms with Crippen molar-refractivity contribution >= 4 is 29.0 Å². The SMILES string of the molecule is CCn1c(SCC(=O)Nc2cc(C(F)(F)F)ccc2N2CCOCC2)nnc1-c1ccccc1. The molecule has 0 bridgehead atoms. The Bertz CT molecular complexity index is 1130. The minimum absolute atomic E-state index is 0.0221. The number of carbonyl (C=O) groups excluding carboxylic acids is 1. The van der Waals surface area contributed by atoms with Gasteiger partial charge in [0.2, 0.25) is 5.91 Å². The summed E-state index contributed by atoms with van der Waals surface area (Å²) in [6, 6.07) is 13.0. The van der Waals surface area contributed by atoms with Gasteiger partial charge in [0.25, 0.3) is 0 Å². The average molecular weight is 492 g/mol. The number of halogens is 3. The Kier molecular flexibility index (Phi) is 7.42. The predicted molar refractivity (Wildman–Crippen MR) is 125 cm³/mol. The van der Waals surface area contributed by atoms with Gasteiger partial charge in [0.15, 0.2) is 11.0 Å². The first-order valence-electron chi connectivity index (χ1n) is 10.8. The van der Waals surface area contributed by atoms with Crippen LogP contribution in [0.3, 0.4) is 0 Å². The summed E-state index contributed by atoms with van der Waals surface area (Å²) in [5.41, 5.74) is 0.764. The fraction of sp³-hybridized carbons (Fsp3) is 0.348. The molecule has 4 rings (SSSR count). The number of hydrogen-bond acceptors (Lipinski definition) is 6. The molecule has 0 spiro atoms. The molecule has 0 atom stereocenters. The molecule has 0 aliphatic carbocycles. The van der Waals surface area contributed by atoms with E-state index in [2.05, 4.69) is 15.5 Å². The number of anilines is 2. The quantitative estimate of drug-likeness (QED) is 0.489. The van der Waals surface area contributed by atoms with E-state index < -0.39 is 17.6 Å². The fourth-order valence-corrected chi connectivity index (χ4v) is 4.49. The Labute approximate surface area is 199 Å². The number of amides is 1. The average Bonchev–Trinajstić information content (AvgIpc) is 3.26. The van der Waals surface area contributed by atoms with E-state index in [4.69, 9.17) is 4.74 Å². The maximum absolute atomic E-state index is 13.3. The monoisotopic (exact) mass is 491 g/mol. The van der Waals surface area contributed by atoms with Crippen molar-refractivity contribution in [3.63, 3.8) is 0 Å². The zero-order valence-electron chi connectivity index (χ0n) is 18.5. The van der Waals surface area contributed by atoms with Gasteiger partial charge in [0, 0.05) is 25.2 Å². The lowest BCUT2D eigenvalue weighted by Crippen LogP contribution is -2.37. The lowest BCUT2D eigenvalue weighted by molar-refractivity contribution is -0.137. The Morgan fingerprint density at radius 3 is 2.53 bits per heavy atom. The van der Waals surface area contributed by atoms with Crippen LogP contribution in [0.25, 0.3) is 11.4 Å². The lowest BCUT2D eigenvalue weighted by Gasteiger charge is -2.31. The number of benzene rings is 2. The van der Waals surface area contributed by atoms with Crippen LogP contribution in [0.2, 0.25) is 0 Å². The van der Waals surface area contributed by atoms with E-state index in [-0.39, 0.29) is 11.4 Å². The van der Waals surface area contributed by atoms with Crippen molar-refractivity contribution in [3.8, 4) is 11.4 Å². The van der Waals surface area contributed by atoms with Gasteiger partial charge in [-0.15, -0.1) is 10.2 Å². The molecule has 2 aromatic carbocycles. The molecule has 7 nitrogen and oxygen atoms in total. The molecule has 1 N–H and O–H groups in total. The molecule has 34 heavy (non-hydrogen) atoms. The Hall–Kier alpha value is -3.05. The summed E-state index contributed by atoms with van der Waals surface area (Å²) in [4.78, 5) is 14.7. The molecule has 3 aromatic rings. The first-order valence-corrected chi connectivity index (χ1v) is 11.8. The van der Waals surface area contributed by atoms with Crippen LogP contribution in [0, 0.1) is 0 Å². The topological polar surface area (TPSA) is 72.3 Å². The van der Waals surface area contributed by atoms with Crippen molar-refractivity contribution in [2.24, 2.45) is 0 Å². The van der Waals surface area contributed by atoms with Crippen LogP contribution in [-0.4, -0.2) is 52.7 Å². The number of morpholine rings is 1. The van der Waals surface area contributed by atoms with Gasteiger partial charge in [-0.05, 0) is 25.1 Å². The summed E-state index contributed by atoms with van der Waals surface area (Å²) >= 11 is 1.19. The third kappa shape index (κ3) is 5.53. The molecular formula is C23H24F3N5O2S. The van der Waals surface area contributed by atoms with Gasteiger partial charge in [-0.25, -0.2) is 0 Å². The lowest BCUT2D eigenvalue weighted by atomic mass is 10.1. The number of aromatic nitrogens is 3. The summed E-state index contributed by atoms with van der Waals surface area (Å²) in [6.45, 7) is 4.57. The second kappa shape index (κ2) is 10.5. The number of rotatable bonds is 7. The van der Waals surface area contributed by atoms with Gasteiger partial charge in [-0.2, -0.15) is 13.2 Å². The highest BCUT2D eigenvalue weighted by atomic mass is 32.2. The van der Waals surface area contributed by atoms with Crippen LogP contribution < -0.4 is 10.2 Å². The Morgan fingerprint density at radius 1 is 1.12 bits per heavy atom. The van der Waals surface area contributed by atoms with Crippen molar-refractivity contribution in [3.05, 3.63) is 54.1 Å². The van der Waals surface area contributed by atoms with Crippen molar-refractivity contribution in [1.29, 1.82) is 0 Å². The number of carbonyl (C=O) groups is 1. The van der Waals surface area contributed by atoms with Gasteiger partial charge in [-0.1, -0.05) is 42.1 Å². The van der Waals surface area contributed by atoms with Crippen molar-refractivity contribution < 1.29 is 22.7 Å². The second-order valence-electron chi connectivity index (χ2n) is 7.58. The highest BCUT2D eigenvalue weighted by Crippen LogP contribution is 2.36. The molecule has 1 fully saturated rings. The number of alkyl halides is 3. The first kappa shape index (κ1) is 24.1. The van der Waals surface area contributed by atoms with Crippen LogP contribution in [0.5, 0.6) is 0 Å². The van der Waals surface area contributed by atoms with Crippen LogP contribution in [0.1, 0.15) is 12.5 Å². The maximum atomic E-state index is 13.3. The standard InChI is InChI=1S/C23H24F3N5O2S/c1-2-31-21(16-6-4-3-5-7-16)28-29-22(31)34-15-20(32)27-18-14-17(23(24,25)26)8-9-19(18)30-10-12-33-13-11-30/h3-9,14H,2,10-13,15H2,1H3,(H,27,32). The number of nitrogens with zero attached hydrogens (tertiary/aromatic N) is 4. The first-order chi connectivity index (χ1) is 16.4. The Morgan fingerprint density at radius 2 is 1.85 bits per heavy atom. The smallest absolute Gasteiger partial charge is 0.378 e. The molecule has 0 radical (unpaired) electrons. The van der Waals surface area contributed by atoms with E-state index in [1.165, 1.54) is 17.8 Å². The van der Waals surface area contributed by atoms with E-state index in [0.717, 1.165) is 17.7 Å². The van der Waals surface area contributed by atoms with Crippen molar-refractivity contribution in [1.82, 2.24) is 14.8 Å². The van der Waals surface area contributed by atoms with Gasteiger partial charge in [-0.3, -0.25) is 4.79 Å². The van der Waals surface area contributed by atoms with E-state index >= 15 is 0 Å². The third-order valence-electron chi connectivity index (χ3n) is 5.35. The highest BCUT2D eigenvalue weighted by molar-refractivity contribution is 7.99. The molecule has 1 amide bonds. The van der Waals surface area contributed by atoms with E-state index in [9.17, 15) is 18.0 Å². The summed E-state index contributed by atoms with van der Waals surface area (Å²) in [5, 5.41) is 11.7. The number of ether oxygens (including phenoxy) is 1. The van der Waals surface area contributed by atoms with Gasteiger partial charge in [0.05, 0.1) is 35.9 Å². The molecule has 0 saturated carbocycles. The summed E-state index contributed by atoms with van der Waals surface area (Å²) in [5.74, 6) is 0.246. The third-order valence-corrected chi connectivity index (χ3v) is 6.31. The number of nitrogens with one attached hydrogen (secondary N) is 1. The van der Waals surface area contributed by atoms with Crippen molar-refractivity contribution in [2.45, 2.75) is 24.8 Å². The van der Waals surface area contributed by atoms with Gasteiger partial charge < -0.3 is 19.5 Å². The van der Waals surface area contributed by atoms with E-state index in [1.807, 2.05) is 46.7 Å². The molecule has 1 aliphatic rings. The van der Waals surface area contributed by atoms with E-state index in [0.29, 0.717) is 49.5 Å². The second-order valence-corrected chi connectivity index (χ2v) is 8.52. The fourth-order valence-electron chi connectivity index (χ4n) is 3.69. The van der Waals surface area contributed by atoms with Crippen LogP contribution in [0.15, 0.2) is 53.7 Å². The van der Waals surface area contributed by atoms with Crippen LogP contribution >= 0.6 is 11.8 Å². The largest absolute Gasteiger partial charge is 0.416 e.